The number of nitrogens with one attached hydrogen (secondary N) is 2. The monoisotopic (exact) mass is 483 g/mol. The molecule has 1 saturated carbocycles. The molecule has 0 aliphatic heterocycles. The van der Waals surface area contributed by atoms with Gasteiger partial charge in [-0.2, -0.15) is 5.10 Å². The maximum Gasteiger partial charge on any atom is 0.191 e. The number of rotatable bonds is 8. The third kappa shape index (κ3) is 7.04. The maximum absolute atomic E-state index is 6.04. The SMILES string of the molecule is CN=C(NCCc1cnn(C)c1)NCc1ccc(C)cc1OCC1CC1.I. The van der Waals surface area contributed by atoms with Gasteiger partial charge in [0.15, 0.2) is 5.96 Å². The van der Waals surface area contributed by atoms with Gasteiger partial charge in [-0.05, 0) is 49.3 Å². The molecule has 1 fully saturated rings. The first-order chi connectivity index (χ1) is 12.6. The van der Waals surface area contributed by atoms with E-state index in [1.165, 1.54) is 24.0 Å². The van der Waals surface area contributed by atoms with Crippen LogP contribution in [-0.2, 0) is 20.0 Å². The molecular formula is C20H30IN5O. The van der Waals surface area contributed by atoms with Crippen molar-refractivity contribution in [2.24, 2.45) is 18.0 Å². The summed E-state index contributed by atoms with van der Waals surface area (Å²) in [5.41, 5.74) is 3.59. The van der Waals surface area contributed by atoms with E-state index in [1.807, 2.05) is 24.1 Å². The molecule has 0 spiro atoms. The van der Waals surface area contributed by atoms with Gasteiger partial charge in [0.1, 0.15) is 5.75 Å². The number of aromatic nitrogens is 2. The summed E-state index contributed by atoms with van der Waals surface area (Å²) in [6.45, 7) is 4.42. The number of aryl methyl sites for hydroxylation is 2. The molecule has 1 aromatic carbocycles. The molecule has 0 amide bonds. The number of guanidine groups is 1. The van der Waals surface area contributed by atoms with Crippen molar-refractivity contribution in [3.05, 3.63) is 47.3 Å². The van der Waals surface area contributed by atoms with E-state index < -0.39 is 0 Å². The van der Waals surface area contributed by atoms with Crippen LogP contribution in [0.5, 0.6) is 5.75 Å². The third-order valence-electron chi connectivity index (χ3n) is 4.53. The molecule has 1 heterocycles. The summed E-state index contributed by atoms with van der Waals surface area (Å²) in [6, 6.07) is 6.38. The summed E-state index contributed by atoms with van der Waals surface area (Å²) in [6.07, 6.45) is 7.44. The van der Waals surface area contributed by atoms with Gasteiger partial charge < -0.3 is 15.4 Å². The van der Waals surface area contributed by atoms with E-state index in [0.29, 0.717) is 6.54 Å². The second-order valence-corrected chi connectivity index (χ2v) is 6.99. The number of nitrogens with zero attached hydrogens (tertiary/aromatic N) is 3. The smallest absolute Gasteiger partial charge is 0.191 e. The number of halogens is 1. The summed E-state index contributed by atoms with van der Waals surface area (Å²) >= 11 is 0. The topological polar surface area (TPSA) is 63.5 Å². The second kappa shape index (κ2) is 10.5. The molecule has 0 bridgehead atoms. The van der Waals surface area contributed by atoms with Gasteiger partial charge >= 0.3 is 0 Å². The zero-order chi connectivity index (χ0) is 18.4. The highest BCUT2D eigenvalue weighted by atomic mass is 127. The summed E-state index contributed by atoms with van der Waals surface area (Å²) in [5.74, 6) is 2.52. The number of hydrogen-bond acceptors (Lipinski definition) is 3. The normalized spacial score (nSPS) is 13.8. The maximum atomic E-state index is 6.04. The summed E-state index contributed by atoms with van der Waals surface area (Å²) < 4.78 is 7.86. The molecular weight excluding hydrogens is 453 g/mol. The Morgan fingerprint density at radius 2 is 2.15 bits per heavy atom. The van der Waals surface area contributed by atoms with E-state index in [9.17, 15) is 0 Å². The van der Waals surface area contributed by atoms with E-state index in [4.69, 9.17) is 4.74 Å². The molecule has 0 radical (unpaired) electrons. The van der Waals surface area contributed by atoms with Crippen LogP contribution in [0.2, 0.25) is 0 Å². The van der Waals surface area contributed by atoms with Crippen LogP contribution in [0.25, 0.3) is 0 Å². The minimum absolute atomic E-state index is 0. The lowest BCUT2D eigenvalue weighted by Crippen LogP contribution is -2.37. The molecule has 7 heteroatoms. The van der Waals surface area contributed by atoms with E-state index in [2.05, 4.69) is 45.8 Å². The second-order valence-electron chi connectivity index (χ2n) is 6.99. The van der Waals surface area contributed by atoms with Crippen molar-refractivity contribution in [1.82, 2.24) is 20.4 Å². The Kier molecular flexibility index (Phi) is 8.40. The number of hydrogen-bond donors (Lipinski definition) is 2. The van der Waals surface area contributed by atoms with Crippen LogP contribution in [0.4, 0.5) is 0 Å². The van der Waals surface area contributed by atoms with Crippen LogP contribution >= 0.6 is 24.0 Å². The predicted octanol–water partition coefficient (Wildman–Crippen LogP) is 3.04. The number of aliphatic imine (C=N–C) groups is 1. The Bertz CT molecular complexity index is 755. The van der Waals surface area contributed by atoms with Crippen molar-refractivity contribution in [1.29, 1.82) is 0 Å². The highest BCUT2D eigenvalue weighted by Crippen LogP contribution is 2.30. The van der Waals surface area contributed by atoms with Crippen LogP contribution in [0.3, 0.4) is 0 Å². The molecule has 3 rings (SSSR count). The molecule has 1 aromatic heterocycles. The van der Waals surface area contributed by atoms with Crippen LogP contribution in [-0.4, -0.2) is 35.9 Å². The molecule has 0 atom stereocenters. The van der Waals surface area contributed by atoms with Crippen LogP contribution in [0.15, 0.2) is 35.6 Å². The first-order valence-electron chi connectivity index (χ1n) is 9.28. The van der Waals surface area contributed by atoms with Crippen molar-refractivity contribution in [3.63, 3.8) is 0 Å². The highest BCUT2D eigenvalue weighted by molar-refractivity contribution is 14.0. The first-order valence-corrected chi connectivity index (χ1v) is 9.28. The van der Waals surface area contributed by atoms with Gasteiger partial charge in [-0.25, -0.2) is 0 Å². The van der Waals surface area contributed by atoms with Crippen molar-refractivity contribution < 1.29 is 4.74 Å². The van der Waals surface area contributed by atoms with Crippen molar-refractivity contribution in [2.45, 2.75) is 32.7 Å². The molecule has 0 saturated heterocycles. The number of benzene rings is 1. The molecule has 27 heavy (non-hydrogen) atoms. The van der Waals surface area contributed by atoms with E-state index in [1.54, 1.807) is 7.05 Å². The van der Waals surface area contributed by atoms with Gasteiger partial charge in [-0.3, -0.25) is 9.67 Å². The van der Waals surface area contributed by atoms with Gasteiger partial charge in [0.05, 0.1) is 12.8 Å². The fourth-order valence-electron chi connectivity index (χ4n) is 2.76. The number of ether oxygens (including phenoxy) is 1. The largest absolute Gasteiger partial charge is 0.493 e. The lowest BCUT2D eigenvalue weighted by Gasteiger charge is -2.15. The molecule has 2 N–H and O–H groups in total. The Hall–Kier alpha value is -1.77. The minimum atomic E-state index is 0. The average molecular weight is 483 g/mol. The van der Waals surface area contributed by atoms with Crippen LogP contribution in [0, 0.1) is 12.8 Å². The Balaban J connectivity index is 0.00000261. The zero-order valence-corrected chi connectivity index (χ0v) is 18.7. The zero-order valence-electron chi connectivity index (χ0n) is 16.4. The molecule has 148 valence electrons. The fourth-order valence-corrected chi connectivity index (χ4v) is 2.76. The van der Waals surface area contributed by atoms with Gasteiger partial charge in [0, 0.05) is 38.9 Å². The van der Waals surface area contributed by atoms with Gasteiger partial charge in [-0.1, -0.05) is 12.1 Å². The Labute approximate surface area is 178 Å². The van der Waals surface area contributed by atoms with Gasteiger partial charge in [0.2, 0.25) is 0 Å². The standard InChI is InChI=1S/C20H29N5O.HI/c1-15-4-7-18(19(10-15)26-14-16-5-6-16)12-23-20(21-2)22-9-8-17-11-24-25(3)13-17;/h4,7,10-11,13,16H,5-6,8-9,12,14H2,1-3H3,(H2,21,22,23);1H. The average Bonchev–Trinajstić information content (AvgIpc) is 3.37. The summed E-state index contributed by atoms with van der Waals surface area (Å²) in [7, 11) is 3.72. The lowest BCUT2D eigenvalue weighted by molar-refractivity contribution is 0.296. The Morgan fingerprint density at radius 3 is 2.81 bits per heavy atom. The van der Waals surface area contributed by atoms with Crippen molar-refractivity contribution in [2.75, 3.05) is 20.2 Å². The lowest BCUT2D eigenvalue weighted by atomic mass is 10.1. The van der Waals surface area contributed by atoms with Crippen LogP contribution < -0.4 is 15.4 Å². The quantitative estimate of drug-likeness (QED) is 0.344. The minimum Gasteiger partial charge on any atom is -0.493 e. The molecule has 2 aromatic rings. The van der Waals surface area contributed by atoms with Gasteiger partial charge in [-0.15, -0.1) is 24.0 Å². The predicted molar refractivity (Wildman–Crippen MR) is 120 cm³/mol. The summed E-state index contributed by atoms with van der Waals surface area (Å²) in [5, 5.41) is 10.9. The molecule has 1 aliphatic carbocycles. The Morgan fingerprint density at radius 1 is 1.33 bits per heavy atom. The van der Waals surface area contributed by atoms with Crippen molar-refractivity contribution >= 4 is 29.9 Å². The molecule has 1 aliphatic rings. The molecule has 0 unspecified atom stereocenters. The molecule has 6 nitrogen and oxygen atoms in total. The van der Waals surface area contributed by atoms with Crippen LogP contribution in [0.1, 0.15) is 29.5 Å². The van der Waals surface area contributed by atoms with Gasteiger partial charge in [0.25, 0.3) is 0 Å². The van der Waals surface area contributed by atoms with E-state index in [0.717, 1.165) is 42.8 Å². The summed E-state index contributed by atoms with van der Waals surface area (Å²) in [4.78, 5) is 4.30. The van der Waals surface area contributed by atoms with E-state index >= 15 is 0 Å². The fraction of sp³-hybridized carbons (Fsp3) is 0.500. The van der Waals surface area contributed by atoms with E-state index in [-0.39, 0.29) is 24.0 Å². The van der Waals surface area contributed by atoms with Crippen molar-refractivity contribution in [3.8, 4) is 5.75 Å². The highest BCUT2D eigenvalue weighted by Gasteiger charge is 2.22. The third-order valence-corrected chi connectivity index (χ3v) is 4.53. The first kappa shape index (κ1) is 21.5.